The van der Waals surface area contributed by atoms with Crippen LogP contribution >= 0.6 is 0 Å². The lowest BCUT2D eigenvalue weighted by molar-refractivity contribution is -0.140. The maximum atomic E-state index is 10.9. The Bertz CT molecular complexity index is 409. The molecule has 1 rings (SSSR count). The summed E-state index contributed by atoms with van der Waals surface area (Å²) in [5.41, 5.74) is 0. The SMILES string of the molecule is CCN(CC(C)C(=O)O)c1ccnc(N(C)C)n1. The maximum Gasteiger partial charge on any atom is 0.308 e. The number of rotatable bonds is 6. The van der Waals surface area contributed by atoms with Crippen molar-refractivity contribution in [1.82, 2.24) is 9.97 Å². The Balaban J connectivity index is 2.88. The quantitative estimate of drug-likeness (QED) is 0.817. The number of carbonyl (C=O) groups is 1. The number of carboxylic acid groups (broad SMARTS) is 1. The predicted octanol–water partition coefficient (Wildman–Crippen LogP) is 1.09. The molecule has 0 aliphatic rings. The summed E-state index contributed by atoms with van der Waals surface area (Å²) >= 11 is 0. The standard InChI is InChI=1S/C12H20N4O2/c1-5-16(8-9(2)11(17)18)10-6-7-13-12(14-10)15(3)4/h6-7,9H,5,8H2,1-4H3,(H,17,18). The van der Waals surface area contributed by atoms with Crippen LogP contribution in [0, 0.1) is 5.92 Å². The third-order valence-electron chi connectivity index (χ3n) is 2.65. The predicted molar refractivity (Wildman–Crippen MR) is 71.0 cm³/mol. The van der Waals surface area contributed by atoms with Gasteiger partial charge >= 0.3 is 5.97 Å². The number of anilines is 2. The second kappa shape index (κ2) is 6.18. The fourth-order valence-corrected chi connectivity index (χ4v) is 1.52. The Labute approximate surface area is 107 Å². The first kappa shape index (κ1) is 14.2. The van der Waals surface area contributed by atoms with E-state index in [1.54, 1.807) is 19.2 Å². The van der Waals surface area contributed by atoms with Crippen molar-refractivity contribution in [3.63, 3.8) is 0 Å². The van der Waals surface area contributed by atoms with Gasteiger partial charge in [-0.25, -0.2) is 4.98 Å². The van der Waals surface area contributed by atoms with E-state index >= 15 is 0 Å². The zero-order valence-corrected chi connectivity index (χ0v) is 11.3. The Morgan fingerprint density at radius 3 is 2.67 bits per heavy atom. The fraction of sp³-hybridized carbons (Fsp3) is 0.583. The lowest BCUT2D eigenvalue weighted by Crippen LogP contribution is -2.32. The van der Waals surface area contributed by atoms with Crippen molar-refractivity contribution >= 4 is 17.7 Å². The molecule has 0 aromatic carbocycles. The van der Waals surface area contributed by atoms with Crippen molar-refractivity contribution in [3.05, 3.63) is 12.3 Å². The molecule has 6 heteroatoms. The van der Waals surface area contributed by atoms with Gasteiger partial charge in [0, 0.05) is 33.4 Å². The summed E-state index contributed by atoms with van der Waals surface area (Å²) in [6.07, 6.45) is 1.69. The molecule has 0 saturated heterocycles. The molecule has 0 aliphatic carbocycles. The Morgan fingerprint density at radius 1 is 1.50 bits per heavy atom. The first-order chi connectivity index (χ1) is 8.45. The minimum atomic E-state index is -0.796. The molecule has 1 aromatic rings. The van der Waals surface area contributed by atoms with Gasteiger partial charge in [0.15, 0.2) is 0 Å². The number of hydrogen-bond acceptors (Lipinski definition) is 5. The Hall–Kier alpha value is -1.85. The first-order valence-electron chi connectivity index (χ1n) is 5.93. The van der Waals surface area contributed by atoms with E-state index in [-0.39, 0.29) is 0 Å². The summed E-state index contributed by atoms with van der Waals surface area (Å²) in [5, 5.41) is 8.95. The van der Waals surface area contributed by atoms with E-state index in [2.05, 4.69) is 9.97 Å². The summed E-state index contributed by atoms with van der Waals surface area (Å²) in [7, 11) is 3.74. The zero-order chi connectivity index (χ0) is 13.7. The number of carboxylic acids is 1. The van der Waals surface area contributed by atoms with Crippen LogP contribution in [-0.4, -0.2) is 48.2 Å². The van der Waals surface area contributed by atoms with Gasteiger partial charge in [-0.2, -0.15) is 4.98 Å². The van der Waals surface area contributed by atoms with Crippen molar-refractivity contribution in [3.8, 4) is 0 Å². The molecule has 0 radical (unpaired) electrons. The third kappa shape index (κ3) is 3.58. The maximum absolute atomic E-state index is 10.9. The van der Waals surface area contributed by atoms with E-state index in [0.29, 0.717) is 19.0 Å². The molecule has 0 saturated carbocycles. The molecule has 1 unspecified atom stereocenters. The van der Waals surface area contributed by atoms with E-state index in [1.807, 2.05) is 30.8 Å². The van der Waals surface area contributed by atoms with E-state index in [0.717, 1.165) is 5.82 Å². The summed E-state index contributed by atoms with van der Waals surface area (Å²) in [5.74, 6) is 0.149. The molecule has 0 bridgehead atoms. The molecular weight excluding hydrogens is 232 g/mol. The molecule has 1 aromatic heterocycles. The van der Waals surface area contributed by atoms with Crippen LogP contribution in [-0.2, 0) is 4.79 Å². The highest BCUT2D eigenvalue weighted by Gasteiger charge is 2.16. The second-order valence-electron chi connectivity index (χ2n) is 4.39. The molecule has 1 heterocycles. The molecule has 1 N–H and O–H groups in total. The topological polar surface area (TPSA) is 69.6 Å². The van der Waals surface area contributed by atoms with Gasteiger partial charge in [-0.3, -0.25) is 4.79 Å². The van der Waals surface area contributed by atoms with Gasteiger partial charge < -0.3 is 14.9 Å². The third-order valence-corrected chi connectivity index (χ3v) is 2.65. The van der Waals surface area contributed by atoms with Gasteiger partial charge in [-0.15, -0.1) is 0 Å². The average molecular weight is 252 g/mol. The van der Waals surface area contributed by atoms with Crippen LogP contribution in [0.5, 0.6) is 0 Å². The van der Waals surface area contributed by atoms with Gasteiger partial charge in [0.25, 0.3) is 0 Å². The molecule has 0 spiro atoms. The van der Waals surface area contributed by atoms with Crippen LogP contribution in [0.4, 0.5) is 11.8 Å². The second-order valence-corrected chi connectivity index (χ2v) is 4.39. The van der Waals surface area contributed by atoms with Crippen molar-refractivity contribution in [2.24, 2.45) is 5.92 Å². The molecule has 6 nitrogen and oxygen atoms in total. The number of nitrogens with zero attached hydrogens (tertiary/aromatic N) is 4. The lowest BCUT2D eigenvalue weighted by Gasteiger charge is -2.24. The van der Waals surface area contributed by atoms with Crippen molar-refractivity contribution in [2.45, 2.75) is 13.8 Å². The van der Waals surface area contributed by atoms with Gasteiger partial charge in [0.1, 0.15) is 5.82 Å². The number of hydrogen-bond donors (Lipinski definition) is 1. The van der Waals surface area contributed by atoms with E-state index in [4.69, 9.17) is 5.11 Å². The van der Waals surface area contributed by atoms with Gasteiger partial charge in [-0.1, -0.05) is 6.92 Å². The van der Waals surface area contributed by atoms with Crippen LogP contribution in [0.1, 0.15) is 13.8 Å². The fourth-order valence-electron chi connectivity index (χ4n) is 1.52. The smallest absolute Gasteiger partial charge is 0.308 e. The minimum Gasteiger partial charge on any atom is -0.481 e. The van der Waals surface area contributed by atoms with E-state index < -0.39 is 11.9 Å². The molecular formula is C12H20N4O2. The molecule has 0 amide bonds. The monoisotopic (exact) mass is 252 g/mol. The number of aromatic nitrogens is 2. The summed E-state index contributed by atoms with van der Waals surface area (Å²) in [4.78, 5) is 23.2. The largest absolute Gasteiger partial charge is 0.481 e. The zero-order valence-electron chi connectivity index (χ0n) is 11.3. The molecule has 1 atom stereocenters. The molecule has 18 heavy (non-hydrogen) atoms. The summed E-state index contributed by atoms with van der Waals surface area (Å²) in [6.45, 7) is 4.82. The Kier molecular flexibility index (Phi) is 4.88. The molecule has 0 aliphatic heterocycles. The van der Waals surface area contributed by atoms with Crippen molar-refractivity contribution < 1.29 is 9.90 Å². The summed E-state index contributed by atoms with van der Waals surface area (Å²) < 4.78 is 0. The van der Waals surface area contributed by atoms with Crippen LogP contribution in [0.3, 0.4) is 0 Å². The average Bonchev–Trinajstić information content (AvgIpc) is 2.35. The molecule has 0 fully saturated rings. The van der Waals surface area contributed by atoms with Gasteiger partial charge in [0.2, 0.25) is 5.95 Å². The van der Waals surface area contributed by atoms with Crippen molar-refractivity contribution in [2.75, 3.05) is 37.0 Å². The van der Waals surface area contributed by atoms with Crippen molar-refractivity contribution in [1.29, 1.82) is 0 Å². The highest BCUT2D eigenvalue weighted by atomic mass is 16.4. The highest BCUT2D eigenvalue weighted by Crippen LogP contribution is 2.15. The number of aliphatic carboxylic acids is 1. The van der Waals surface area contributed by atoms with Gasteiger partial charge in [-0.05, 0) is 13.0 Å². The van der Waals surface area contributed by atoms with E-state index in [9.17, 15) is 4.79 Å². The lowest BCUT2D eigenvalue weighted by atomic mass is 10.1. The normalized spacial score (nSPS) is 12.0. The van der Waals surface area contributed by atoms with Gasteiger partial charge in [0.05, 0.1) is 5.92 Å². The van der Waals surface area contributed by atoms with Crippen LogP contribution in [0.2, 0.25) is 0 Å². The van der Waals surface area contributed by atoms with Crippen LogP contribution in [0.25, 0.3) is 0 Å². The van der Waals surface area contributed by atoms with Crippen LogP contribution < -0.4 is 9.80 Å². The molecule has 100 valence electrons. The van der Waals surface area contributed by atoms with Crippen LogP contribution in [0.15, 0.2) is 12.3 Å². The van der Waals surface area contributed by atoms with E-state index in [1.165, 1.54) is 0 Å². The highest BCUT2D eigenvalue weighted by molar-refractivity contribution is 5.70. The Morgan fingerprint density at radius 2 is 2.17 bits per heavy atom. The summed E-state index contributed by atoms with van der Waals surface area (Å²) in [6, 6.07) is 1.80. The minimum absolute atomic E-state index is 0.428. The first-order valence-corrected chi connectivity index (χ1v) is 5.93.